The number of aliphatic imine (C=N–C) groups is 1. The Balaban J connectivity index is 0.00000392. The Kier molecular flexibility index (Phi) is 10.8. The number of nitrogens with zero attached hydrogens (tertiary/aromatic N) is 2. The number of rotatable bonds is 9. The first-order valence-corrected chi connectivity index (χ1v) is 8.48. The quantitative estimate of drug-likeness (QED) is 0.236. The van der Waals surface area contributed by atoms with E-state index in [1.54, 1.807) is 40.8 Å². The van der Waals surface area contributed by atoms with Crippen molar-refractivity contribution in [3.05, 3.63) is 42.2 Å². The summed E-state index contributed by atoms with van der Waals surface area (Å²) < 4.78 is 21.7. The van der Waals surface area contributed by atoms with E-state index in [1.165, 1.54) is 0 Å². The van der Waals surface area contributed by atoms with Gasteiger partial charge in [0.05, 0.1) is 34.1 Å². The molecule has 1 aromatic carbocycles. The first kappa shape index (κ1) is 23.6. The van der Waals surface area contributed by atoms with Crippen LogP contribution in [-0.4, -0.2) is 52.5 Å². The van der Waals surface area contributed by atoms with E-state index in [0.29, 0.717) is 42.9 Å². The van der Waals surface area contributed by atoms with Gasteiger partial charge >= 0.3 is 0 Å². The predicted molar refractivity (Wildman–Crippen MR) is 119 cm³/mol. The second kappa shape index (κ2) is 12.9. The van der Waals surface area contributed by atoms with Crippen LogP contribution in [0.2, 0.25) is 0 Å². The van der Waals surface area contributed by atoms with Crippen LogP contribution in [0.15, 0.2) is 41.7 Å². The minimum atomic E-state index is 0. The largest absolute Gasteiger partial charge is 0.493 e. The van der Waals surface area contributed by atoms with E-state index in [9.17, 15) is 0 Å². The third kappa shape index (κ3) is 6.95. The summed E-state index contributed by atoms with van der Waals surface area (Å²) in [7, 11) is 6.48. The molecule has 8 nitrogen and oxygen atoms in total. The molecule has 0 aliphatic heterocycles. The Morgan fingerprint density at radius 2 is 1.79 bits per heavy atom. The molecule has 0 saturated carbocycles. The zero-order valence-corrected chi connectivity index (χ0v) is 18.9. The topological polar surface area (TPSA) is 86.2 Å². The van der Waals surface area contributed by atoms with Crippen molar-refractivity contribution in [2.24, 2.45) is 4.99 Å². The van der Waals surface area contributed by atoms with Gasteiger partial charge in [-0.15, -0.1) is 24.0 Å². The molecule has 0 aliphatic rings. The maximum Gasteiger partial charge on any atom is 0.203 e. The van der Waals surface area contributed by atoms with Crippen molar-refractivity contribution in [1.29, 1.82) is 0 Å². The molecule has 0 atom stereocenters. The lowest BCUT2D eigenvalue weighted by atomic mass is 10.2. The summed E-state index contributed by atoms with van der Waals surface area (Å²) in [6, 6.07) is 7.49. The summed E-state index contributed by atoms with van der Waals surface area (Å²) in [6.07, 6.45) is 3.39. The number of halogens is 1. The molecule has 28 heavy (non-hydrogen) atoms. The summed E-state index contributed by atoms with van der Waals surface area (Å²) >= 11 is 0. The second-order valence-electron chi connectivity index (χ2n) is 5.42. The number of nitrogens with one attached hydrogen (secondary N) is 2. The zero-order chi connectivity index (χ0) is 19.5. The van der Waals surface area contributed by atoms with E-state index in [-0.39, 0.29) is 24.0 Å². The second-order valence-corrected chi connectivity index (χ2v) is 5.42. The lowest BCUT2D eigenvalue weighted by Gasteiger charge is -2.16. The molecule has 2 N–H and O–H groups in total. The first-order valence-electron chi connectivity index (χ1n) is 8.48. The number of aromatic nitrogens is 1. The molecular weight excluding hydrogens is 475 g/mol. The van der Waals surface area contributed by atoms with Crippen molar-refractivity contribution in [2.45, 2.75) is 6.54 Å². The molecule has 1 heterocycles. The number of guanidine groups is 1. The van der Waals surface area contributed by atoms with Crippen LogP contribution >= 0.6 is 24.0 Å². The fraction of sp³-hybridized carbons (Fsp3) is 0.368. The molecule has 0 unspecified atom stereocenters. The van der Waals surface area contributed by atoms with E-state index < -0.39 is 0 Å². The molecule has 1 aromatic heterocycles. The minimum absolute atomic E-state index is 0. The fourth-order valence-electron chi connectivity index (χ4n) is 2.41. The van der Waals surface area contributed by atoms with Gasteiger partial charge in [0.1, 0.15) is 12.4 Å². The summed E-state index contributed by atoms with van der Waals surface area (Å²) in [5.74, 6) is 3.19. The van der Waals surface area contributed by atoms with Gasteiger partial charge in [0, 0.05) is 19.8 Å². The third-order valence-corrected chi connectivity index (χ3v) is 3.71. The van der Waals surface area contributed by atoms with Crippen molar-refractivity contribution >= 4 is 29.9 Å². The van der Waals surface area contributed by atoms with E-state index in [4.69, 9.17) is 18.9 Å². The number of ether oxygens (including phenoxy) is 4. The Morgan fingerprint density at radius 3 is 2.32 bits per heavy atom. The highest BCUT2D eigenvalue weighted by Gasteiger charge is 2.13. The van der Waals surface area contributed by atoms with Crippen molar-refractivity contribution in [1.82, 2.24) is 15.6 Å². The monoisotopic (exact) mass is 502 g/mol. The molecule has 0 amide bonds. The van der Waals surface area contributed by atoms with E-state index >= 15 is 0 Å². The van der Waals surface area contributed by atoms with Gasteiger partial charge in [-0.3, -0.25) is 9.98 Å². The summed E-state index contributed by atoms with van der Waals surface area (Å²) in [6.45, 7) is 1.64. The van der Waals surface area contributed by atoms with Crippen LogP contribution in [0, 0.1) is 0 Å². The number of hydrogen-bond donors (Lipinski definition) is 2. The molecule has 0 saturated heterocycles. The number of pyridine rings is 1. The lowest BCUT2D eigenvalue weighted by Crippen LogP contribution is -2.38. The Bertz CT molecular complexity index is 719. The van der Waals surface area contributed by atoms with Crippen LogP contribution in [0.3, 0.4) is 0 Å². The Labute approximate surface area is 182 Å². The molecule has 0 radical (unpaired) electrons. The number of methoxy groups -OCH3 is 3. The van der Waals surface area contributed by atoms with Gasteiger partial charge in [0.2, 0.25) is 5.75 Å². The van der Waals surface area contributed by atoms with Crippen LogP contribution < -0.4 is 29.6 Å². The van der Waals surface area contributed by atoms with Gasteiger partial charge in [0.25, 0.3) is 0 Å². The van der Waals surface area contributed by atoms with Crippen LogP contribution in [-0.2, 0) is 6.54 Å². The highest BCUT2D eigenvalue weighted by Crippen LogP contribution is 2.38. The molecule has 154 valence electrons. The Hall–Kier alpha value is -2.43. The molecule has 0 spiro atoms. The molecule has 9 heteroatoms. The average molecular weight is 502 g/mol. The van der Waals surface area contributed by atoms with E-state index in [2.05, 4.69) is 20.6 Å². The SMILES string of the molecule is CN=C(NCCOc1cccnc1)NCc1cc(OC)c(OC)c(OC)c1.I. The average Bonchev–Trinajstić information content (AvgIpc) is 2.73. The Morgan fingerprint density at radius 1 is 1.07 bits per heavy atom. The molecular formula is C19H27IN4O4. The first-order chi connectivity index (χ1) is 13.2. The van der Waals surface area contributed by atoms with Crippen molar-refractivity contribution in [2.75, 3.05) is 41.5 Å². The maximum absolute atomic E-state index is 5.60. The number of hydrogen-bond acceptors (Lipinski definition) is 6. The summed E-state index contributed by atoms with van der Waals surface area (Å²) in [5.41, 5.74) is 0.971. The van der Waals surface area contributed by atoms with Gasteiger partial charge in [-0.1, -0.05) is 0 Å². The highest BCUT2D eigenvalue weighted by atomic mass is 127. The van der Waals surface area contributed by atoms with Crippen LogP contribution in [0.25, 0.3) is 0 Å². The maximum atomic E-state index is 5.60. The van der Waals surface area contributed by atoms with Gasteiger partial charge in [-0.25, -0.2) is 0 Å². The van der Waals surface area contributed by atoms with Gasteiger partial charge in [-0.2, -0.15) is 0 Å². The summed E-state index contributed by atoms with van der Waals surface area (Å²) in [4.78, 5) is 8.21. The molecule has 2 rings (SSSR count). The molecule has 0 aliphatic carbocycles. The molecule has 0 fully saturated rings. The predicted octanol–water partition coefficient (Wildman–Crippen LogP) is 2.47. The normalized spacial score (nSPS) is 10.5. The van der Waals surface area contributed by atoms with Crippen molar-refractivity contribution in [3.63, 3.8) is 0 Å². The van der Waals surface area contributed by atoms with Crippen LogP contribution in [0.4, 0.5) is 0 Å². The molecule has 2 aromatic rings. The number of benzene rings is 1. The van der Waals surface area contributed by atoms with Crippen molar-refractivity contribution < 1.29 is 18.9 Å². The van der Waals surface area contributed by atoms with Crippen molar-refractivity contribution in [3.8, 4) is 23.0 Å². The van der Waals surface area contributed by atoms with E-state index in [0.717, 1.165) is 11.3 Å². The third-order valence-electron chi connectivity index (χ3n) is 3.71. The van der Waals surface area contributed by atoms with Crippen LogP contribution in [0.5, 0.6) is 23.0 Å². The summed E-state index contributed by atoms with van der Waals surface area (Å²) in [5, 5.41) is 6.44. The van der Waals surface area contributed by atoms with Gasteiger partial charge < -0.3 is 29.6 Å². The highest BCUT2D eigenvalue weighted by molar-refractivity contribution is 14.0. The minimum Gasteiger partial charge on any atom is -0.493 e. The van der Waals surface area contributed by atoms with Gasteiger partial charge in [0.15, 0.2) is 17.5 Å². The van der Waals surface area contributed by atoms with E-state index in [1.807, 2.05) is 24.3 Å². The zero-order valence-electron chi connectivity index (χ0n) is 16.5. The standard InChI is InChI=1S/C19H26N4O4.HI/c1-20-19(22-8-9-27-15-6-5-7-21-13-15)23-12-14-10-16(24-2)18(26-4)17(11-14)25-3;/h5-7,10-11,13H,8-9,12H2,1-4H3,(H2,20,22,23);1H. The van der Waals surface area contributed by atoms with Gasteiger partial charge in [-0.05, 0) is 29.8 Å². The molecule has 0 bridgehead atoms. The van der Waals surface area contributed by atoms with Crippen LogP contribution in [0.1, 0.15) is 5.56 Å². The fourth-order valence-corrected chi connectivity index (χ4v) is 2.41. The lowest BCUT2D eigenvalue weighted by molar-refractivity contribution is 0.320. The smallest absolute Gasteiger partial charge is 0.203 e.